The molecule has 1 fully saturated rings. The second kappa shape index (κ2) is 9.27. The van der Waals surface area contributed by atoms with Crippen LogP contribution in [-0.2, 0) is 6.54 Å². The first kappa shape index (κ1) is 18.3. The molecule has 0 saturated carbocycles. The fourth-order valence-corrected chi connectivity index (χ4v) is 3.15. The van der Waals surface area contributed by atoms with Gasteiger partial charge in [0.1, 0.15) is 11.9 Å². The molecule has 1 aromatic heterocycles. The standard InChI is InChI=1S/C20H29N5O/c1-3-21-20(22-11-14-25-16-17(2)15-23-25)24-12-9-19(10-13-24)26-18-7-5-4-6-8-18/h4-8,15-16,19H,3,9-14H2,1-2H3,(H,21,22). The van der Waals surface area contributed by atoms with Crippen LogP contribution >= 0.6 is 0 Å². The van der Waals surface area contributed by atoms with Gasteiger partial charge in [0.05, 0.1) is 19.3 Å². The molecular weight excluding hydrogens is 326 g/mol. The van der Waals surface area contributed by atoms with Crippen molar-refractivity contribution < 1.29 is 4.74 Å². The van der Waals surface area contributed by atoms with Gasteiger partial charge in [-0.2, -0.15) is 5.10 Å². The quantitative estimate of drug-likeness (QED) is 0.639. The van der Waals surface area contributed by atoms with Crippen molar-refractivity contribution >= 4 is 5.96 Å². The van der Waals surface area contributed by atoms with Gasteiger partial charge in [-0.05, 0) is 31.5 Å². The Morgan fingerprint density at radius 1 is 1.27 bits per heavy atom. The van der Waals surface area contributed by atoms with Gasteiger partial charge in [-0.25, -0.2) is 0 Å². The molecule has 1 saturated heterocycles. The van der Waals surface area contributed by atoms with Crippen molar-refractivity contribution in [3.63, 3.8) is 0 Å². The minimum atomic E-state index is 0.281. The number of nitrogens with zero attached hydrogens (tertiary/aromatic N) is 4. The molecule has 0 bridgehead atoms. The minimum Gasteiger partial charge on any atom is -0.490 e. The predicted molar refractivity (Wildman–Crippen MR) is 105 cm³/mol. The first-order chi connectivity index (χ1) is 12.7. The number of likely N-dealkylation sites (tertiary alicyclic amines) is 1. The molecule has 26 heavy (non-hydrogen) atoms. The van der Waals surface area contributed by atoms with Crippen molar-refractivity contribution in [2.45, 2.75) is 39.3 Å². The maximum absolute atomic E-state index is 6.09. The van der Waals surface area contributed by atoms with Crippen LogP contribution in [0.25, 0.3) is 0 Å². The van der Waals surface area contributed by atoms with Crippen LogP contribution in [0.5, 0.6) is 5.75 Å². The number of rotatable bonds is 6. The molecule has 1 N–H and O–H groups in total. The highest BCUT2D eigenvalue weighted by Crippen LogP contribution is 2.18. The summed E-state index contributed by atoms with van der Waals surface area (Å²) in [6, 6.07) is 10.1. The highest BCUT2D eigenvalue weighted by Gasteiger charge is 2.22. The fraction of sp³-hybridized carbons (Fsp3) is 0.500. The minimum absolute atomic E-state index is 0.281. The number of ether oxygens (including phenoxy) is 1. The maximum atomic E-state index is 6.09. The summed E-state index contributed by atoms with van der Waals surface area (Å²) in [6.07, 6.45) is 6.24. The molecule has 0 atom stereocenters. The predicted octanol–water partition coefficient (Wildman–Crippen LogP) is 2.70. The summed E-state index contributed by atoms with van der Waals surface area (Å²) in [5.74, 6) is 1.95. The van der Waals surface area contributed by atoms with Gasteiger partial charge in [0.15, 0.2) is 5.96 Å². The van der Waals surface area contributed by atoms with E-state index in [4.69, 9.17) is 9.73 Å². The molecule has 1 aromatic carbocycles. The molecule has 3 rings (SSSR count). The number of hydrogen-bond acceptors (Lipinski definition) is 3. The first-order valence-electron chi connectivity index (χ1n) is 9.48. The van der Waals surface area contributed by atoms with E-state index in [2.05, 4.69) is 35.4 Å². The number of hydrogen-bond donors (Lipinski definition) is 1. The number of aliphatic imine (C=N–C) groups is 1. The van der Waals surface area contributed by atoms with E-state index >= 15 is 0 Å². The molecule has 6 heteroatoms. The SMILES string of the molecule is CCNC(=NCCn1cc(C)cn1)N1CCC(Oc2ccccc2)CC1. The number of aromatic nitrogens is 2. The largest absolute Gasteiger partial charge is 0.490 e. The monoisotopic (exact) mass is 355 g/mol. The summed E-state index contributed by atoms with van der Waals surface area (Å²) in [4.78, 5) is 7.12. The van der Waals surface area contributed by atoms with Gasteiger partial charge in [-0.3, -0.25) is 9.67 Å². The third kappa shape index (κ3) is 5.25. The Kier molecular flexibility index (Phi) is 6.52. The Bertz CT molecular complexity index is 689. The van der Waals surface area contributed by atoms with E-state index in [1.807, 2.05) is 41.2 Å². The van der Waals surface area contributed by atoms with Crippen molar-refractivity contribution in [2.24, 2.45) is 4.99 Å². The van der Waals surface area contributed by atoms with E-state index in [9.17, 15) is 0 Å². The number of benzene rings is 1. The third-order valence-electron chi connectivity index (χ3n) is 4.48. The number of piperidine rings is 1. The summed E-state index contributed by atoms with van der Waals surface area (Å²) in [5, 5.41) is 7.73. The lowest BCUT2D eigenvalue weighted by molar-refractivity contribution is 0.129. The molecule has 2 heterocycles. The van der Waals surface area contributed by atoms with Crippen LogP contribution in [0.1, 0.15) is 25.3 Å². The normalized spacial score (nSPS) is 15.9. The highest BCUT2D eigenvalue weighted by atomic mass is 16.5. The maximum Gasteiger partial charge on any atom is 0.193 e. The number of aryl methyl sites for hydroxylation is 1. The molecule has 6 nitrogen and oxygen atoms in total. The zero-order valence-corrected chi connectivity index (χ0v) is 15.8. The van der Waals surface area contributed by atoms with Crippen LogP contribution in [0.4, 0.5) is 0 Å². The van der Waals surface area contributed by atoms with Crippen molar-refractivity contribution in [1.82, 2.24) is 20.0 Å². The van der Waals surface area contributed by atoms with Gasteiger partial charge in [-0.15, -0.1) is 0 Å². The number of nitrogens with one attached hydrogen (secondary N) is 1. The lowest BCUT2D eigenvalue weighted by atomic mass is 10.1. The van der Waals surface area contributed by atoms with E-state index in [1.165, 1.54) is 5.56 Å². The van der Waals surface area contributed by atoms with E-state index in [0.29, 0.717) is 0 Å². The lowest BCUT2D eigenvalue weighted by Crippen LogP contribution is -2.47. The second-order valence-electron chi connectivity index (χ2n) is 6.63. The number of guanidine groups is 1. The van der Waals surface area contributed by atoms with E-state index in [1.54, 1.807) is 0 Å². The molecule has 0 aliphatic carbocycles. The Labute approximate surface area is 155 Å². The molecule has 0 spiro atoms. The van der Waals surface area contributed by atoms with Crippen molar-refractivity contribution in [3.05, 3.63) is 48.3 Å². The average molecular weight is 355 g/mol. The smallest absolute Gasteiger partial charge is 0.193 e. The first-order valence-corrected chi connectivity index (χ1v) is 9.48. The average Bonchev–Trinajstić information content (AvgIpc) is 3.08. The van der Waals surface area contributed by atoms with Crippen molar-refractivity contribution in [2.75, 3.05) is 26.2 Å². The van der Waals surface area contributed by atoms with Crippen LogP contribution in [0, 0.1) is 6.92 Å². The fourth-order valence-electron chi connectivity index (χ4n) is 3.15. The van der Waals surface area contributed by atoms with Crippen molar-refractivity contribution in [1.29, 1.82) is 0 Å². The van der Waals surface area contributed by atoms with Gasteiger partial charge in [-0.1, -0.05) is 18.2 Å². The summed E-state index contributed by atoms with van der Waals surface area (Å²) < 4.78 is 8.03. The van der Waals surface area contributed by atoms with Gasteiger partial charge in [0, 0.05) is 38.7 Å². The number of para-hydroxylation sites is 1. The highest BCUT2D eigenvalue weighted by molar-refractivity contribution is 5.80. The Hall–Kier alpha value is -2.50. The third-order valence-corrected chi connectivity index (χ3v) is 4.48. The van der Waals surface area contributed by atoms with E-state index in [0.717, 1.165) is 57.3 Å². The van der Waals surface area contributed by atoms with Gasteiger partial charge in [0.25, 0.3) is 0 Å². The molecular formula is C20H29N5O. The molecule has 140 valence electrons. The zero-order valence-electron chi connectivity index (χ0n) is 15.8. The van der Waals surface area contributed by atoms with Gasteiger partial charge in [0.2, 0.25) is 0 Å². The van der Waals surface area contributed by atoms with Gasteiger partial charge >= 0.3 is 0 Å². The van der Waals surface area contributed by atoms with Crippen molar-refractivity contribution in [3.8, 4) is 5.75 Å². The van der Waals surface area contributed by atoms with E-state index < -0.39 is 0 Å². The van der Waals surface area contributed by atoms with Crippen LogP contribution in [0.15, 0.2) is 47.7 Å². The van der Waals surface area contributed by atoms with Crippen LogP contribution in [0.3, 0.4) is 0 Å². The Morgan fingerprint density at radius 2 is 2.04 bits per heavy atom. The van der Waals surface area contributed by atoms with Gasteiger partial charge < -0.3 is 15.0 Å². The molecule has 0 unspecified atom stereocenters. The molecule has 1 aliphatic rings. The summed E-state index contributed by atoms with van der Waals surface area (Å²) in [7, 11) is 0. The lowest BCUT2D eigenvalue weighted by Gasteiger charge is -2.34. The van der Waals surface area contributed by atoms with Crippen LogP contribution < -0.4 is 10.1 Å². The van der Waals surface area contributed by atoms with Crippen LogP contribution in [0.2, 0.25) is 0 Å². The summed E-state index contributed by atoms with van der Waals surface area (Å²) in [5.41, 5.74) is 1.18. The molecule has 0 radical (unpaired) electrons. The topological polar surface area (TPSA) is 54.7 Å². The van der Waals surface area contributed by atoms with E-state index in [-0.39, 0.29) is 6.10 Å². The second-order valence-corrected chi connectivity index (χ2v) is 6.63. The molecule has 1 aliphatic heterocycles. The Balaban J connectivity index is 1.50. The molecule has 0 amide bonds. The zero-order chi connectivity index (χ0) is 18.2. The Morgan fingerprint density at radius 3 is 2.69 bits per heavy atom. The summed E-state index contributed by atoms with van der Waals surface area (Å²) in [6.45, 7) is 8.49. The summed E-state index contributed by atoms with van der Waals surface area (Å²) >= 11 is 0. The molecule has 2 aromatic rings. The van der Waals surface area contributed by atoms with Crippen LogP contribution in [-0.4, -0.2) is 52.9 Å².